The molecule has 0 bridgehead atoms. The lowest BCUT2D eigenvalue weighted by molar-refractivity contribution is -0.120. The first kappa shape index (κ1) is 9.40. The molecule has 74 valence electrons. The molecule has 1 aromatic rings. The lowest BCUT2D eigenvalue weighted by Crippen LogP contribution is -2.28. The van der Waals surface area contributed by atoms with E-state index in [-0.39, 0.29) is 11.9 Å². The van der Waals surface area contributed by atoms with E-state index in [0.29, 0.717) is 0 Å². The molecule has 1 amide bonds. The van der Waals surface area contributed by atoms with Gasteiger partial charge >= 0.3 is 0 Å². The number of carbonyl (C=O) groups excluding carboxylic acids is 1. The fourth-order valence-corrected chi connectivity index (χ4v) is 2.10. The number of carbonyl (C=O) groups is 1. The highest BCUT2D eigenvalue weighted by molar-refractivity contribution is 7.08. The highest BCUT2D eigenvalue weighted by Crippen LogP contribution is 2.14. The van der Waals surface area contributed by atoms with Gasteiger partial charge < -0.3 is 5.32 Å². The number of amidine groups is 1. The van der Waals surface area contributed by atoms with Crippen LogP contribution in [0.1, 0.15) is 25.3 Å². The molecule has 1 N–H and O–H groups in total. The molecule has 1 aliphatic heterocycles. The van der Waals surface area contributed by atoms with E-state index in [4.69, 9.17) is 0 Å². The van der Waals surface area contributed by atoms with Crippen LogP contribution in [0.4, 0.5) is 0 Å². The van der Waals surface area contributed by atoms with Crippen molar-refractivity contribution in [2.45, 2.75) is 25.8 Å². The fourth-order valence-electron chi connectivity index (χ4n) is 1.46. The summed E-state index contributed by atoms with van der Waals surface area (Å²) in [5.74, 6) is 0.766. The predicted octanol–water partition coefficient (Wildman–Crippen LogP) is 1.79. The van der Waals surface area contributed by atoms with Crippen LogP contribution in [0, 0.1) is 0 Å². The number of nitrogens with one attached hydrogen (secondary N) is 1. The molecule has 1 unspecified atom stereocenters. The maximum Gasteiger partial charge on any atom is 0.250 e. The van der Waals surface area contributed by atoms with E-state index in [9.17, 15) is 4.79 Å². The Morgan fingerprint density at radius 2 is 2.50 bits per heavy atom. The van der Waals surface area contributed by atoms with Crippen molar-refractivity contribution in [2.75, 3.05) is 0 Å². The van der Waals surface area contributed by atoms with Crippen LogP contribution in [0.15, 0.2) is 21.8 Å². The predicted molar refractivity (Wildman–Crippen MR) is 57.7 cm³/mol. The number of hydrogen-bond acceptors (Lipinski definition) is 3. The van der Waals surface area contributed by atoms with Gasteiger partial charge in [0.15, 0.2) is 0 Å². The van der Waals surface area contributed by atoms with Crippen LogP contribution in [0.25, 0.3) is 0 Å². The van der Waals surface area contributed by atoms with Crippen LogP contribution < -0.4 is 5.32 Å². The van der Waals surface area contributed by atoms with Crippen molar-refractivity contribution in [3.63, 3.8) is 0 Å². The Morgan fingerprint density at radius 3 is 3.14 bits per heavy atom. The van der Waals surface area contributed by atoms with Crippen molar-refractivity contribution in [3.8, 4) is 0 Å². The van der Waals surface area contributed by atoms with Gasteiger partial charge in [0.05, 0.1) is 0 Å². The number of hydrogen-bond donors (Lipinski definition) is 1. The summed E-state index contributed by atoms with van der Waals surface area (Å²) >= 11 is 1.61. The quantitative estimate of drug-likeness (QED) is 0.808. The summed E-state index contributed by atoms with van der Waals surface area (Å²) in [6, 6.07) is 1.80. The summed E-state index contributed by atoms with van der Waals surface area (Å²) in [5.41, 5.74) is 1.02. The molecule has 1 aliphatic rings. The molecule has 1 aromatic heterocycles. The van der Waals surface area contributed by atoms with Crippen LogP contribution >= 0.6 is 11.3 Å². The normalized spacial score (nSPS) is 20.8. The third-order valence-electron chi connectivity index (χ3n) is 2.19. The average molecular weight is 208 g/mol. The molecular weight excluding hydrogens is 196 g/mol. The highest BCUT2D eigenvalue weighted by atomic mass is 32.1. The second kappa shape index (κ2) is 3.92. The van der Waals surface area contributed by atoms with Crippen LogP contribution in [-0.4, -0.2) is 17.8 Å². The lowest BCUT2D eigenvalue weighted by atomic mass is 10.2. The van der Waals surface area contributed by atoms with Gasteiger partial charge in [-0.2, -0.15) is 11.3 Å². The SMILES string of the molecule is CCCC1N=C(c2ccsc2)NC1=O. The maximum atomic E-state index is 11.4. The Balaban J connectivity index is 2.16. The van der Waals surface area contributed by atoms with E-state index < -0.39 is 0 Å². The largest absolute Gasteiger partial charge is 0.309 e. The number of aliphatic imine (C=N–C) groups is 1. The second-order valence-corrected chi connectivity index (χ2v) is 4.06. The molecule has 0 radical (unpaired) electrons. The van der Waals surface area contributed by atoms with Gasteiger partial charge in [-0.3, -0.25) is 9.79 Å². The molecule has 3 nitrogen and oxygen atoms in total. The summed E-state index contributed by atoms with van der Waals surface area (Å²) in [7, 11) is 0. The van der Waals surface area contributed by atoms with Gasteiger partial charge in [0, 0.05) is 10.9 Å². The zero-order valence-corrected chi connectivity index (χ0v) is 8.80. The molecule has 2 heterocycles. The van der Waals surface area contributed by atoms with E-state index in [1.165, 1.54) is 0 Å². The molecule has 4 heteroatoms. The zero-order valence-electron chi connectivity index (χ0n) is 7.99. The number of thiophene rings is 1. The standard InChI is InChI=1S/C10H12N2OS/c1-2-3-8-10(13)12-9(11-8)7-4-5-14-6-7/h4-6,8H,2-3H2,1H3,(H,11,12,13). The van der Waals surface area contributed by atoms with Crippen LogP contribution in [-0.2, 0) is 4.79 Å². The van der Waals surface area contributed by atoms with E-state index in [0.717, 1.165) is 24.2 Å². The van der Waals surface area contributed by atoms with Gasteiger partial charge in [0.1, 0.15) is 11.9 Å². The average Bonchev–Trinajstić information content (AvgIpc) is 2.76. The minimum Gasteiger partial charge on any atom is -0.309 e. The van der Waals surface area contributed by atoms with E-state index in [1.807, 2.05) is 16.8 Å². The van der Waals surface area contributed by atoms with Crippen LogP contribution in [0.2, 0.25) is 0 Å². The molecule has 1 atom stereocenters. The topological polar surface area (TPSA) is 41.5 Å². The van der Waals surface area contributed by atoms with Gasteiger partial charge in [-0.25, -0.2) is 0 Å². The molecule has 0 saturated carbocycles. The first-order valence-corrected chi connectivity index (χ1v) is 5.66. The minimum absolute atomic E-state index is 0.0352. The molecule has 0 aliphatic carbocycles. The zero-order chi connectivity index (χ0) is 9.97. The lowest BCUT2D eigenvalue weighted by Gasteiger charge is -1.99. The summed E-state index contributed by atoms with van der Waals surface area (Å²) < 4.78 is 0. The van der Waals surface area contributed by atoms with Crippen molar-refractivity contribution in [1.29, 1.82) is 0 Å². The van der Waals surface area contributed by atoms with Gasteiger partial charge in [-0.1, -0.05) is 13.3 Å². The van der Waals surface area contributed by atoms with E-state index >= 15 is 0 Å². The summed E-state index contributed by atoms with van der Waals surface area (Å²) in [5, 5.41) is 6.79. The van der Waals surface area contributed by atoms with Gasteiger partial charge in [0.25, 0.3) is 0 Å². The Morgan fingerprint density at radius 1 is 1.64 bits per heavy atom. The van der Waals surface area contributed by atoms with Gasteiger partial charge in [-0.05, 0) is 17.9 Å². The second-order valence-electron chi connectivity index (χ2n) is 3.28. The van der Waals surface area contributed by atoms with Gasteiger partial charge in [0.2, 0.25) is 5.91 Å². The molecular formula is C10H12N2OS. The molecule has 0 spiro atoms. The smallest absolute Gasteiger partial charge is 0.250 e. The molecule has 0 fully saturated rings. The van der Waals surface area contributed by atoms with Crippen LogP contribution in [0.5, 0.6) is 0 Å². The summed E-state index contributed by atoms with van der Waals surface area (Å²) in [6.07, 6.45) is 1.82. The van der Waals surface area contributed by atoms with Crippen molar-refractivity contribution < 1.29 is 4.79 Å². The Kier molecular flexibility index (Phi) is 2.63. The van der Waals surface area contributed by atoms with E-state index in [1.54, 1.807) is 11.3 Å². The van der Waals surface area contributed by atoms with Crippen molar-refractivity contribution in [2.24, 2.45) is 4.99 Å². The fraction of sp³-hybridized carbons (Fsp3) is 0.400. The highest BCUT2D eigenvalue weighted by Gasteiger charge is 2.25. The summed E-state index contributed by atoms with van der Waals surface area (Å²) in [4.78, 5) is 15.8. The summed E-state index contributed by atoms with van der Waals surface area (Å²) in [6.45, 7) is 2.06. The van der Waals surface area contributed by atoms with Crippen molar-refractivity contribution >= 4 is 23.1 Å². The monoisotopic (exact) mass is 208 g/mol. The Labute approximate surface area is 86.9 Å². The van der Waals surface area contributed by atoms with Crippen LogP contribution in [0.3, 0.4) is 0 Å². The first-order valence-electron chi connectivity index (χ1n) is 4.72. The first-order chi connectivity index (χ1) is 6.81. The van der Waals surface area contributed by atoms with Crippen molar-refractivity contribution in [1.82, 2.24) is 5.32 Å². The van der Waals surface area contributed by atoms with E-state index in [2.05, 4.69) is 17.2 Å². The Bertz CT molecular complexity index is 356. The third-order valence-corrected chi connectivity index (χ3v) is 2.87. The third kappa shape index (κ3) is 1.70. The van der Waals surface area contributed by atoms with Gasteiger partial charge in [-0.15, -0.1) is 0 Å². The number of nitrogens with zero attached hydrogens (tertiary/aromatic N) is 1. The number of rotatable bonds is 3. The molecule has 2 rings (SSSR count). The van der Waals surface area contributed by atoms with Crippen molar-refractivity contribution in [3.05, 3.63) is 22.4 Å². The molecule has 0 saturated heterocycles. The molecule has 0 aromatic carbocycles. The minimum atomic E-state index is -0.171. The molecule has 14 heavy (non-hydrogen) atoms. The Hall–Kier alpha value is -1.16. The number of amides is 1. The maximum absolute atomic E-state index is 11.4.